The number of hydrogen-bond acceptors (Lipinski definition) is 2. The van der Waals surface area contributed by atoms with Crippen molar-refractivity contribution in [2.45, 2.75) is 33.6 Å². The molecule has 1 aromatic rings. The highest BCUT2D eigenvalue weighted by Crippen LogP contribution is 2.17. The third-order valence-corrected chi connectivity index (χ3v) is 3.94. The number of nitrogens with zero attached hydrogens (tertiary/aromatic N) is 2. The number of hydrogen-bond donors (Lipinski definition) is 0. The Hall–Kier alpha value is -1.42. The molecule has 3 nitrogen and oxygen atoms in total. The summed E-state index contributed by atoms with van der Waals surface area (Å²) in [4.78, 5) is 16.6. The third kappa shape index (κ3) is 5.41. The second kappa shape index (κ2) is 7.23. The Balaban J connectivity index is 1.75. The van der Waals surface area contributed by atoms with E-state index < -0.39 is 0 Å². The average Bonchev–Trinajstić information content (AvgIpc) is 2.44. The molecule has 0 aromatic heterocycles. The molecule has 0 spiro atoms. The second-order valence-electron chi connectivity index (χ2n) is 7.35. The molecule has 4 heteroatoms. The first-order chi connectivity index (χ1) is 10.3. The van der Waals surface area contributed by atoms with Gasteiger partial charge in [0, 0.05) is 39.1 Å². The van der Waals surface area contributed by atoms with Crippen LogP contribution in [0.25, 0.3) is 0 Å². The zero-order valence-corrected chi connectivity index (χ0v) is 13.9. The van der Waals surface area contributed by atoms with E-state index in [2.05, 4.69) is 25.7 Å². The standard InChI is InChI=1S/C18H27FN2O/c1-18(2,3)14-20-9-11-21(12-10-20)17(22)8-7-15-5-4-6-16(19)13-15/h4-6,13H,7-12,14H2,1-3H3. The molecule has 1 aliphatic heterocycles. The van der Waals surface area contributed by atoms with Crippen molar-refractivity contribution in [2.24, 2.45) is 5.41 Å². The van der Waals surface area contributed by atoms with Gasteiger partial charge in [-0.15, -0.1) is 0 Å². The van der Waals surface area contributed by atoms with E-state index in [0.717, 1.165) is 38.3 Å². The van der Waals surface area contributed by atoms with Crippen molar-refractivity contribution < 1.29 is 9.18 Å². The number of carbonyl (C=O) groups excluding carboxylic acids is 1. The molecular formula is C18H27FN2O. The highest BCUT2D eigenvalue weighted by Gasteiger charge is 2.23. The number of benzene rings is 1. The van der Waals surface area contributed by atoms with Crippen molar-refractivity contribution in [3.05, 3.63) is 35.6 Å². The van der Waals surface area contributed by atoms with Gasteiger partial charge in [-0.3, -0.25) is 9.69 Å². The molecule has 1 amide bonds. The Morgan fingerprint density at radius 3 is 2.45 bits per heavy atom. The number of amides is 1. The van der Waals surface area contributed by atoms with Gasteiger partial charge in [-0.2, -0.15) is 0 Å². The summed E-state index contributed by atoms with van der Waals surface area (Å²) in [5.74, 6) is -0.0552. The maximum absolute atomic E-state index is 13.1. The fraction of sp³-hybridized carbons (Fsp3) is 0.611. The summed E-state index contributed by atoms with van der Waals surface area (Å²) < 4.78 is 13.1. The molecule has 2 rings (SSSR count). The normalized spacial score (nSPS) is 16.8. The minimum atomic E-state index is -0.235. The van der Waals surface area contributed by atoms with Crippen molar-refractivity contribution in [2.75, 3.05) is 32.7 Å². The lowest BCUT2D eigenvalue weighted by Crippen LogP contribution is -2.50. The first-order valence-electron chi connectivity index (χ1n) is 8.08. The van der Waals surface area contributed by atoms with Crippen LogP contribution < -0.4 is 0 Å². The summed E-state index contributed by atoms with van der Waals surface area (Å²) >= 11 is 0. The molecule has 0 atom stereocenters. The molecule has 122 valence electrons. The number of piperazine rings is 1. The topological polar surface area (TPSA) is 23.6 Å². The fourth-order valence-electron chi connectivity index (χ4n) is 2.93. The van der Waals surface area contributed by atoms with Gasteiger partial charge in [0.1, 0.15) is 5.82 Å². The summed E-state index contributed by atoms with van der Waals surface area (Å²) in [6.45, 7) is 11.3. The zero-order chi connectivity index (χ0) is 16.2. The van der Waals surface area contributed by atoms with Gasteiger partial charge in [-0.1, -0.05) is 32.9 Å². The van der Waals surface area contributed by atoms with Crippen LogP contribution >= 0.6 is 0 Å². The SMILES string of the molecule is CC(C)(C)CN1CCN(C(=O)CCc2cccc(F)c2)CC1. The van der Waals surface area contributed by atoms with E-state index in [1.165, 1.54) is 12.1 Å². The molecule has 1 aliphatic rings. The van der Waals surface area contributed by atoms with Crippen LogP contribution in [0.4, 0.5) is 4.39 Å². The van der Waals surface area contributed by atoms with Gasteiger partial charge in [0.25, 0.3) is 0 Å². The van der Waals surface area contributed by atoms with Gasteiger partial charge >= 0.3 is 0 Å². The summed E-state index contributed by atoms with van der Waals surface area (Å²) in [6.07, 6.45) is 1.07. The minimum Gasteiger partial charge on any atom is -0.340 e. The fourth-order valence-corrected chi connectivity index (χ4v) is 2.93. The summed E-state index contributed by atoms with van der Waals surface area (Å²) in [6, 6.07) is 6.51. The molecule has 0 N–H and O–H groups in total. The van der Waals surface area contributed by atoms with Gasteiger partial charge in [-0.05, 0) is 29.5 Å². The number of aryl methyl sites for hydroxylation is 1. The molecule has 1 saturated heterocycles. The van der Waals surface area contributed by atoms with Crippen molar-refractivity contribution in [1.29, 1.82) is 0 Å². The Bertz CT molecular complexity index is 502. The molecule has 0 saturated carbocycles. The molecule has 0 radical (unpaired) electrons. The largest absolute Gasteiger partial charge is 0.340 e. The number of rotatable bonds is 4. The molecular weight excluding hydrogens is 279 g/mol. The minimum absolute atomic E-state index is 0.180. The highest BCUT2D eigenvalue weighted by molar-refractivity contribution is 5.76. The zero-order valence-electron chi connectivity index (χ0n) is 13.9. The summed E-state index contributed by atoms with van der Waals surface area (Å²) in [5, 5.41) is 0. The molecule has 0 unspecified atom stereocenters. The van der Waals surface area contributed by atoms with Gasteiger partial charge in [0.05, 0.1) is 0 Å². The Kier molecular flexibility index (Phi) is 5.57. The quantitative estimate of drug-likeness (QED) is 0.854. The van der Waals surface area contributed by atoms with E-state index >= 15 is 0 Å². The van der Waals surface area contributed by atoms with Crippen molar-refractivity contribution in [3.63, 3.8) is 0 Å². The van der Waals surface area contributed by atoms with Crippen molar-refractivity contribution >= 4 is 5.91 Å². The molecule has 0 aliphatic carbocycles. The lowest BCUT2D eigenvalue weighted by atomic mass is 9.96. The van der Waals surface area contributed by atoms with Gasteiger partial charge in [-0.25, -0.2) is 4.39 Å². The van der Waals surface area contributed by atoms with Crippen LogP contribution in [-0.4, -0.2) is 48.4 Å². The maximum atomic E-state index is 13.1. The molecule has 1 aromatic carbocycles. The van der Waals surface area contributed by atoms with E-state index in [1.54, 1.807) is 6.07 Å². The van der Waals surface area contributed by atoms with Crippen LogP contribution in [0.2, 0.25) is 0 Å². The van der Waals surface area contributed by atoms with Gasteiger partial charge in [0.2, 0.25) is 5.91 Å². The Morgan fingerprint density at radius 1 is 1.18 bits per heavy atom. The monoisotopic (exact) mass is 306 g/mol. The van der Waals surface area contributed by atoms with Crippen LogP contribution in [0.1, 0.15) is 32.8 Å². The molecule has 1 fully saturated rings. The van der Waals surface area contributed by atoms with E-state index in [1.807, 2.05) is 11.0 Å². The van der Waals surface area contributed by atoms with Crippen LogP contribution in [-0.2, 0) is 11.2 Å². The molecule has 1 heterocycles. The summed E-state index contributed by atoms with van der Waals surface area (Å²) in [5.41, 5.74) is 1.18. The van der Waals surface area contributed by atoms with Crippen LogP contribution in [0.15, 0.2) is 24.3 Å². The van der Waals surface area contributed by atoms with Crippen LogP contribution in [0, 0.1) is 11.2 Å². The molecule has 0 bridgehead atoms. The van der Waals surface area contributed by atoms with E-state index in [9.17, 15) is 9.18 Å². The van der Waals surface area contributed by atoms with Crippen molar-refractivity contribution in [1.82, 2.24) is 9.80 Å². The Morgan fingerprint density at radius 2 is 1.86 bits per heavy atom. The molecule has 22 heavy (non-hydrogen) atoms. The first-order valence-corrected chi connectivity index (χ1v) is 8.08. The number of carbonyl (C=O) groups is 1. The van der Waals surface area contributed by atoms with E-state index in [-0.39, 0.29) is 11.7 Å². The number of halogens is 1. The van der Waals surface area contributed by atoms with E-state index in [4.69, 9.17) is 0 Å². The van der Waals surface area contributed by atoms with Crippen LogP contribution in [0.5, 0.6) is 0 Å². The predicted molar refractivity (Wildman–Crippen MR) is 87.2 cm³/mol. The second-order valence-corrected chi connectivity index (χ2v) is 7.35. The maximum Gasteiger partial charge on any atom is 0.222 e. The van der Waals surface area contributed by atoms with Gasteiger partial charge < -0.3 is 4.90 Å². The predicted octanol–water partition coefficient (Wildman–Crippen LogP) is 2.95. The van der Waals surface area contributed by atoms with Crippen LogP contribution in [0.3, 0.4) is 0 Å². The average molecular weight is 306 g/mol. The summed E-state index contributed by atoms with van der Waals surface area (Å²) in [7, 11) is 0. The van der Waals surface area contributed by atoms with Crippen molar-refractivity contribution in [3.8, 4) is 0 Å². The van der Waals surface area contributed by atoms with E-state index in [0.29, 0.717) is 18.3 Å². The van der Waals surface area contributed by atoms with Gasteiger partial charge in [0.15, 0.2) is 0 Å². The lowest BCUT2D eigenvalue weighted by Gasteiger charge is -2.37. The smallest absolute Gasteiger partial charge is 0.222 e. The first kappa shape index (κ1) is 16.9. The lowest BCUT2D eigenvalue weighted by molar-refractivity contribution is -0.133. The highest BCUT2D eigenvalue weighted by atomic mass is 19.1. The Labute approximate surface area is 133 Å². The third-order valence-electron chi connectivity index (χ3n) is 3.94.